The predicted molar refractivity (Wildman–Crippen MR) is 125 cm³/mol. The molecular weight excluding hydrogens is 514 g/mol. The summed E-state index contributed by atoms with van der Waals surface area (Å²) >= 11 is 0. The summed E-state index contributed by atoms with van der Waals surface area (Å²) in [6.07, 6.45) is 4.20. The van der Waals surface area contributed by atoms with Crippen LogP contribution >= 0.6 is 0 Å². The summed E-state index contributed by atoms with van der Waals surface area (Å²) in [7, 11) is -3.59. The van der Waals surface area contributed by atoms with Crippen LogP contribution in [0.15, 0.2) is 40.9 Å². The maximum atomic E-state index is 13.3. The lowest BCUT2D eigenvalue weighted by Crippen LogP contribution is -2.38. The van der Waals surface area contributed by atoms with Gasteiger partial charge in [0, 0.05) is 23.7 Å². The molecule has 0 saturated heterocycles. The van der Waals surface area contributed by atoms with Crippen LogP contribution in [-0.2, 0) is 14.8 Å². The van der Waals surface area contributed by atoms with Crippen LogP contribution in [0.4, 0.5) is 26.2 Å². The molecule has 2 amide bonds. The molecule has 15 heteroatoms. The average molecular weight is 537 g/mol. The van der Waals surface area contributed by atoms with Gasteiger partial charge in [0.1, 0.15) is 6.10 Å². The van der Waals surface area contributed by atoms with Gasteiger partial charge in [0.05, 0.1) is 18.1 Å². The van der Waals surface area contributed by atoms with Crippen LogP contribution in [-0.4, -0.2) is 47.8 Å². The van der Waals surface area contributed by atoms with Crippen molar-refractivity contribution in [1.82, 2.24) is 19.9 Å². The Morgan fingerprint density at radius 3 is 2.41 bits per heavy atom. The van der Waals surface area contributed by atoms with Crippen LogP contribution in [0.2, 0.25) is 0 Å². The summed E-state index contributed by atoms with van der Waals surface area (Å²) in [6.45, 7) is 0. The van der Waals surface area contributed by atoms with E-state index in [4.69, 9.17) is 9.15 Å². The highest BCUT2D eigenvalue weighted by atomic mass is 32.2. The number of rotatable bonds is 8. The van der Waals surface area contributed by atoms with Gasteiger partial charge in [-0.1, -0.05) is 5.10 Å². The van der Waals surface area contributed by atoms with Gasteiger partial charge in [0.2, 0.25) is 21.8 Å². The zero-order valence-corrected chi connectivity index (χ0v) is 20.2. The van der Waals surface area contributed by atoms with Crippen LogP contribution in [0.5, 0.6) is 5.88 Å². The van der Waals surface area contributed by atoms with Crippen LogP contribution in [0.25, 0.3) is 0 Å². The molecule has 0 unspecified atom stereocenters. The zero-order chi connectivity index (χ0) is 26.6. The molecule has 1 aliphatic carbocycles. The third kappa shape index (κ3) is 7.19. The molecule has 4 rings (SSSR count). The highest BCUT2D eigenvalue weighted by molar-refractivity contribution is 7.89. The number of halogens is 2. The quantitative estimate of drug-likeness (QED) is 0.390. The maximum Gasteiger partial charge on any atom is 0.320 e. The van der Waals surface area contributed by atoms with E-state index in [0.29, 0.717) is 37.3 Å². The number of hydrogen-bond donors (Lipinski definition) is 3. The molecule has 1 aliphatic rings. The van der Waals surface area contributed by atoms with Crippen molar-refractivity contribution in [3.8, 4) is 5.88 Å². The Bertz CT molecular complexity index is 1390. The zero-order valence-electron chi connectivity index (χ0n) is 19.4. The molecule has 1 fully saturated rings. The molecule has 0 radical (unpaired) electrons. The lowest BCUT2D eigenvalue weighted by molar-refractivity contribution is -0.124. The van der Waals surface area contributed by atoms with E-state index < -0.39 is 39.4 Å². The van der Waals surface area contributed by atoms with Crippen LogP contribution in [0.1, 0.15) is 36.4 Å². The van der Waals surface area contributed by atoms with Crippen molar-refractivity contribution in [1.29, 1.82) is 0 Å². The van der Waals surface area contributed by atoms with Gasteiger partial charge in [-0.25, -0.2) is 22.2 Å². The minimum atomic E-state index is -3.59. The largest absolute Gasteiger partial charge is 0.474 e. The Morgan fingerprint density at radius 2 is 1.76 bits per heavy atom. The minimum Gasteiger partial charge on any atom is -0.474 e. The first kappa shape index (κ1) is 25.9. The molecule has 0 aliphatic heterocycles. The topological polar surface area (TPSA) is 165 Å². The predicted octanol–water partition coefficient (Wildman–Crippen LogP) is 2.75. The Hall–Kier alpha value is -4.14. The number of carbonyl (C=O) groups excluding carboxylic acids is 2. The highest BCUT2D eigenvalue weighted by Gasteiger charge is 2.29. The number of carbonyl (C=O) groups is 2. The molecule has 2 heterocycles. The van der Waals surface area contributed by atoms with Crippen molar-refractivity contribution in [2.24, 2.45) is 5.92 Å². The van der Waals surface area contributed by atoms with E-state index >= 15 is 0 Å². The first-order chi connectivity index (χ1) is 17.6. The summed E-state index contributed by atoms with van der Waals surface area (Å²) < 4.78 is 61.8. The smallest absolute Gasteiger partial charge is 0.320 e. The molecule has 3 N–H and O–H groups in total. The maximum absolute atomic E-state index is 13.3. The van der Waals surface area contributed by atoms with E-state index in [1.165, 1.54) is 12.3 Å². The van der Waals surface area contributed by atoms with Crippen LogP contribution < -0.4 is 20.1 Å². The molecule has 1 saturated carbocycles. The standard InChI is InChI=1S/C22H22F2N6O6S/c1-37(33,34)30-19(31)12-2-6-15(7-3-12)35-18-9-5-14(11-25-18)26-20(32)21-28-29-22(36-21)27-13-4-8-16(23)17(24)10-13/h4-5,8-12,15H,2-3,6-7H2,1H3,(H,26,32)(H,27,29)(H,30,31)/t12-,15+. The average Bonchev–Trinajstić information content (AvgIpc) is 3.31. The van der Waals surface area contributed by atoms with Crippen molar-refractivity contribution in [2.75, 3.05) is 16.9 Å². The van der Waals surface area contributed by atoms with E-state index in [0.717, 1.165) is 18.4 Å². The number of aromatic nitrogens is 3. The normalized spacial score (nSPS) is 17.6. The van der Waals surface area contributed by atoms with Gasteiger partial charge >= 0.3 is 17.8 Å². The van der Waals surface area contributed by atoms with Gasteiger partial charge in [-0.05, 0) is 43.9 Å². The fourth-order valence-corrected chi connectivity index (χ4v) is 4.18. The number of pyridine rings is 1. The van der Waals surface area contributed by atoms with Gasteiger partial charge in [0.15, 0.2) is 11.6 Å². The number of hydrogen-bond acceptors (Lipinski definition) is 10. The molecule has 1 aromatic carbocycles. The molecule has 0 bridgehead atoms. The highest BCUT2D eigenvalue weighted by Crippen LogP contribution is 2.28. The van der Waals surface area contributed by atoms with Crippen molar-refractivity contribution >= 4 is 39.2 Å². The van der Waals surface area contributed by atoms with Gasteiger partial charge in [-0.15, -0.1) is 5.10 Å². The molecular formula is C22H22F2N6O6S. The number of sulfonamides is 1. The molecule has 2 aromatic heterocycles. The monoisotopic (exact) mass is 536 g/mol. The first-order valence-corrected chi connectivity index (χ1v) is 13.0. The molecule has 196 valence electrons. The third-order valence-corrected chi connectivity index (χ3v) is 5.97. The second-order valence-corrected chi connectivity index (χ2v) is 10.1. The summed E-state index contributed by atoms with van der Waals surface area (Å²) in [5.41, 5.74) is 0.478. The number of ether oxygens (including phenoxy) is 1. The Labute approximate surface area is 209 Å². The lowest BCUT2D eigenvalue weighted by atomic mass is 9.87. The molecule has 0 spiro atoms. The fourth-order valence-electron chi connectivity index (χ4n) is 3.65. The van der Waals surface area contributed by atoms with Crippen molar-refractivity contribution < 1.29 is 35.9 Å². The summed E-state index contributed by atoms with van der Waals surface area (Å²) in [5.74, 6) is -3.74. The summed E-state index contributed by atoms with van der Waals surface area (Å²) in [4.78, 5) is 28.5. The SMILES string of the molecule is CS(=O)(=O)NC(=O)[C@H]1CC[C@@H](Oc2ccc(NC(=O)c3nnc(Nc4ccc(F)c(F)c4)o3)cn2)CC1. The second-order valence-electron chi connectivity index (χ2n) is 8.34. The molecule has 0 atom stereocenters. The first-order valence-electron chi connectivity index (χ1n) is 11.1. The summed E-state index contributed by atoms with van der Waals surface area (Å²) in [6, 6.07) is 6.01. The summed E-state index contributed by atoms with van der Waals surface area (Å²) in [5, 5.41) is 12.4. The minimum absolute atomic E-state index is 0.153. The van der Waals surface area contributed by atoms with Crippen LogP contribution in [0.3, 0.4) is 0 Å². The lowest BCUT2D eigenvalue weighted by Gasteiger charge is -2.27. The van der Waals surface area contributed by atoms with E-state index in [1.54, 1.807) is 12.1 Å². The van der Waals surface area contributed by atoms with Crippen LogP contribution in [0, 0.1) is 17.6 Å². The molecule has 3 aromatic rings. The van der Waals surface area contributed by atoms with E-state index in [-0.39, 0.29) is 23.7 Å². The van der Waals surface area contributed by atoms with Crippen molar-refractivity contribution in [3.63, 3.8) is 0 Å². The number of nitrogens with zero attached hydrogens (tertiary/aromatic N) is 3. The van der Waals surface area contributed by atoms with Crippen molar-refractivity contribution in [2.45, 2.75) is 31.8 Å². The second kappa shape index (κ2) is 10.9. The Kier molecular flexibility index (Phi) is 7.61. The Morgan fingerprint density at radius 1 is 1.03 bits per heavy atom. The van der Waals surface area contributed by atoms with Gasteiger partial charge < -0.3 is 19.8 Å². The van der Waals surface area contributed by atoms with Gasteiger partial charge in [-0.3, -0.25) is 14.3 Å². The number of anilines is 3. The third-order valence-electron chi connectivity index (χ3n) is 5.40. The number of nitrogens with one attached hydrogen (secondary N) is 3. The number of benzene rings is 1. The fraction of sp³-hybridized carbons (Fsp3) is 0.318. The number of amides is 2. The molecule has 12 nitrogen and oxygen atoms in total. The van der Waals surface area contributed by atoms with E-state index in [9.17, 15) is 26.8 Å². The van der Waals surface area contributed by atoms with Crippen molar-refractivity contribution in [3.05, 3.63) is 54.1 Å². The van der Waals surface area contributed by atoms with Gasteiger partial charge in [-0.2, -0.15) is 0 Å². The van der Waals surface area contributed by atoms with E-state index in [2.05, 4.69) is 25.8 Å². The molecule has 37 heavy (non-hydrogen) atoms. The van der Waals surface area contributed by atoms with Gasteiger partial charge in [0.25, 0.3) is 0 Å². The Balaban J connectivity index is 1.26. The van der Waals surface area contributed by atoms with E-state index in [1.807, 2.05) is 4.72 Å².